The molecular formula is C18H31N3. The number of piperidine rings is 1. The summed E-state index contributed by atoms with van der Waals surface area (Å²) in [5, 5.41) is 0. The smallest absolute Gasteiger partial charge is 0.0369 e. The van der Waals surface area contributed by atoms with Crippen molar-refractivity contribution in [1.29, 1.82) is 0 Å². The van der Waals surface area contributed by atoms with Crippen molar-refractivity contribution in [2.45, 2.75) is 44.2 Å². The summed E-state index contributed by atoms with van der Waals surface area (Å²) in [7, 11) is 4.39. The van der Waals surface area contributed by atoms with Crippen molar-refractivity contribution in [3.63, 3.8) is 0 Å². The molecule has 1 saturated heterocycles. The summed E-state index contributed by atoms with van der Waals surface area (Å²) in [4.78, 5) is 5.02. The number of hydrogen-bond donors (Lipinski definition) is 1. The van der Waals surface area contributed by atoms with Crippen molar-refractivity contribution in [1.82, 2.24) is 9.80 Å². The van der Waals surface area contributed by atoms with E-state index in [9.17, 15) is 0 Å². The standard InChI is InChI=1S/C18H31N3/c1-4-18(15-19,14-16-8-6-5-7-9-16)21-12-10-17(11-13-21)20(2)3/h5-9,17H,4,10-15,19H2,1-3H3. The van der Waals surface area contributed by atoms with Gasteiger partial charge < -0.3 is 10.6 Å². The van der Waals surface area contributed by atoms with E-state index in [1.165, 1.54) is 31.5 Å². The first kappa shape index (κ1) is 16.5. The molecule has 0 aromatic heterocycles. The topological polar surface area (TPSA) is 32.5 Å². The lowest BCUT2D eigenvalue weighted by Crippen LogP contribution is -2.58. The van der Waals surface area contributed by atoms with E-state index >= 15 is 0 Å². The normalized spacial score (nSPS) is 20.6. The third kappa shape index (κ3) is 3.85. The Kier molecular flexibility index (Phi) is 5.80. The van der Waals surface area contributed by atoms with Gasteiger partial charge in [0.1, 0.15) is 0 Å². The largest absolute Gasteiger partial charge is 0.329 e. The van der Waals surface area contributed by atoms with Gasteiger partial charge >= 0.3 is 0 Å². The summed E-state index contributed by atoms with van der Waals surface area (Å²) in [6, 6.07) is 11.5. The molecule has 2 rings (SSSR count). The monoisotopic (exact) mass is 289 g/mol. The van der Waals surface area contributed by atoms with Gasteiger partial charge in [-0.2, -0.15) is 0 Å². The number of nitrogens with two attached hydrogens (primary N) is 1. The molecule has 0 spiro atoms. The predicted molar refractivity (Wildman–Crippen MR) is 90.5 cm³/mol. The highest BCUT2D eigenvalue weighted by molar-refractivity contribution is 5.18. The molecule has 118 valence electrons. The van der Waals surface area contributed by atoms with Crippen LogP contribution >= 0.6 is 0 Å². The maximum atomic E-state index is 6.24. The fraction of sp³-hybridized carbons (Fsp3) is 0.667. The Balaban J connectivity index is 2.08. The van der Waals surface area contributed by atoms with Crippen LogP contribution in [0.3, 0.4) is 0 Å². The van der Waals surface area contributed by atoms with E-state index in [-0.39, 0.29) is 5.54 Å². The molecule has 3 nitrogen and oxygen atoms in total. The second kappa shape index (κ2) is 7.39. The van der Waals surface area contributed by atoms with Gasteiger partial charge in [-0.1, -0.05) is 37.3 Å². The van der Waals surface area contributed by atoms with Crippen molar-refractivity contribution in [3.8, 4) is 0 Å². The van der Waals surface area contributed by atoms with Crippen molar-refractivity contribution in [2.75, 3.05) is 33.7 Å². The minimum Gasteiger partial charge on any atom is -0.329 e. The van der Waals surface area contributed by atoms with E-state index in [2.05, 4.69) is 61.2 Å². The van der Waals surface area contributed by atoms with Gasteiger partial charge in [-0.3, -0.25) is 4.90 Å². The average Bonchev–Trinajstić information content (AvgIpc) is 2.54. The molecule has 21 heavy (non-hydrogen) atoms. The van der Waals surface area contributed by atoms with Crippen LogP contribution in [0, 0.1) is 0 Å². The van der Waals surface area contributed by atoms with Crippen molar-refractivity contribution >= 4 is 0 Å². The molecule has 0 saturated carbocycles. The van der Waals surface area contributed by atoms with Crippen molar-refractivity contribution in [3.05, 3.63) is 35.9 Å². The number of hydrogen-bond acceptors (Lipinski definition) is 3. The van der Waals surface area contributed by atoms with Crippen LogP contribution in [0.1, 0.15) is 31.7 Å². The van der Waals surface area contributed by atoms with E-state index in [0.29, 0.717) is 0 Å². The summed E-state index contributed by atoms with van der Waals surface area (Å²) in [6.45, 7) is 5.36. The molecule has 1 aliphatic heterocycles. The molecule has 0 bridgehead atoms. The van der Waals surface area contributed by atoms with Gasteiger partial charge in [0.05, 0.1) is 0 Å². The molecule has 0 amide bonds. The van der Waals surface area contributed by atoms with E-state index in [1.807, 2.05) is 0 Å². The summed E-state index contributed by atoms with van der Waals surface area (Å²) in [5.41, 5.74) is 7.77. The van der Waals surface area contributed by atoms with Gasteiger partial charge in [0.25, 0.3) is 0 Å². The Hall–Kier alpha value is -0.900. The third-order valence-corrected chi connectivity index (χ3v) is 5.28. The first-order valence-corrected chi connectivity index (χ1v) is 8.27. The third-order valence-electron chi connectivity index (χ3n) is 5.28. The summed E-state index contributed by atoms with van der Waals surface area (Å²) in [6.07, 6.45) is 4.69. The number of rotatable bonds is 6. The summed E-state index contributed by atoms with van der Waals surface area (Å²) < 4.78 is 0. The zero-order chi connectivity index (χ0) is 15.3. The molecule has 3 heteroatoms. The zero-order valence-corrected chi connectivity index (χ0v) is 13.9. The molecule has 1 aliphatic rings. The summed E-state index contributed by atoms with van der Waals surface area (Å²) in [5.74, 6) is 0. The lowest BCUT2D eigenvalue weighted by atomic mass is 9.84. The Morgan fingerprint density at radius 1 is 1.19 bits per heavy atom. The Labute approximate surface area is 130 Å². The first-order chi connectivity index (χ1) is 10.1. The highest BCUT2D eigenvalue weighted by Crippen LogP contribution is 2.28. The minimum atomic E-state index is 0.124. The number of benzene rings is 1. The lowest BCUT2D eigenvalue weighted by molar-refractivity contribution is 0.0418. The van der Waals surface area contributed by atoms with E-state index in [1.54, 1.807) is 0 Å². The van der Waals surface area contributed by atoms with Crippen LogP contribution in [0.25, 0.3) is 0 Å². The van der Waals surface area contributed by atoms with Crippen molar-refractivity contribution < 1.29 is 0 Å². The lowest BCUT2D eigenvalue weighted by Gasteiger charge is -2.47. The second-order valence-corrected chi connectivity index (χ2v) is 6.63. The number of likely N-dealkylation sites (tertiary alicyclic amines) is 1. The highest BCUT2D eigenvalue weighted by Gasteiger charge is 2.36. The van der Waals surface area contributed by atoms with Crippen LogP contribution < -0.4 is 5.73 Å². The molecule has 0 aliphatic carbocycles. The average molecular weight is 289 g/mol. The van der Waals surface area contributed by atoms with E-state index in [0.717, 1.165) is 25.4 Å². The molecule has 0 radical (unpaired) electrons. The fourth-order valence-corrected chi connectivity index (χ4v) is 3.64. The molecule has 1 fully saturated rings. The predicted octanol–water partition coefficient (Wildman–Crippen LogP) is 2.36. The zero-order valence-electron chi connectivity index (χ0n) is 13.9. The van der Waals surface area contributed by atoms with Crippen LogP contribution in [-0.4, -0.2) is 55.1 Å². The molecule has 1 atom stereocenters. The SMILES string of the molecule is CCC(CN)(Cc1ccccc1)N1CCC(N(C)C)CC1. The van der Waals surface area contributed by atoms with Crippen LogP contribution in [-0.2, 0) is 6.42 Å². The van der Waals surface area contributed by atoms with Gasteiger partial charge in [0.2, 0.25) is 0 Å². The highest BCUT2D eigenvalue weighted by atomic mass is 15.2. The maximum absolute atomic E-state index is 6.24. The van der Waals surface area contributed by atoms with Gasteiger partial charge in [0.15, 0.2) is 0 Å². The van der Waals surface area contributed by atoms with Gasteiger partial charge in [-0.25, -0.2) is 0 Å². The van der Waals surface area contributed by atoms with Crippen LogP contribution in [0.2, 0.25) is 0 Å². The van der Waals surface area contributed by atoms with E-state index < -0.39 is 0 Å². The summed E-state index contributed by atoms with van der Waals surface area (Å²) >= 11 is 0. The molecule has 1 aromatic carbocycles. The van der Waals surface area contributed by atoms with Gasteiger partial charge in [-0.05, 0) is 45.3 Å². The van der Waals surface area contributed by atoms with Crippen molar-refractivity contribution in [2.24, 2.45) is 5.73 Å². The second-order valence-electron chi connectivity index (χ2n) is 6.63. The Bertz CT molecular complexity index is 404. The van der Waals surface area contributed by atoms with Gasteiger partial charge in [-0.15, -0.1) is 0 Å². The van der Waals surface area contributed by atoms with E-state index in [4.69, 9.17) is 5.73 Å². The van der Waals surface area contributed by atoms with Crippen LogP contribution in [0.5, 0.6) is 0 Å². The van der Waals surface area contributed by atoms with Gasteiger partial charge in [0, 0.05) is 31.2 Å². The molecule has 1 aromatic rings. The maximum Gasteiger partial charge on any atom is 0.0369 e. The van der Waals surface area contributed by atoms with Crippen LogP contribution in [0.4, 0.5) is 0 Å². The molecule has 1 unspecified atom stereocenters. The quantitative estimate of drug-likeness (QED) is 0.872. The molecule has 1 heterocycles. The molecular weight excluding hydrogens is 258 g/mol. The Morgan fingerprint density at radius 2 is 1.81 bits per heavy atom. The Morgan fingerprint density at radius 3 is 2.29 bits per heavy atom. The minimum absolute atomic E-state index is 0.124. The molecule has 2 N–H and O–H groups in total. The van der Waals surface area contributed by atoms with Crippen LogP contribution in [0.15, 0.2) is 30.3 Å². The number of nitrogens with zero attached hydrogens (tertiary/aromatic N) is 2. The first-order valence-electron chi connectivity index (χ1n) is 8.27. The fourth-order valence-electron chi connectivity index (χ4n) is 3.64.